The van der Waals surface area contributed by atoms with Crippen molar-refractivity contribution >= 4 is 5.97 Å². The predicted octanol–water partition coefficient (Wildman–Crippen LogP) is 1.33. The Morgan fingerprint density at radius 3 is 2.27 bits per heavy atom. The number of esters is 1. The molecule has 1 spiro atoms. The van der Waals surface area contributed by atoms with E-state index >= 15 is 0 Å². The summed E-state index contributed by atoms with van der Waals surface area (Å²) in [5, 5.41) is 2.72. The van der Waals surface area contributed by atoms with Gasteiger partial charge in [-0.2, -0.15) is 0 Å². The zero-order valence-electron chi connectivity index (χ0n) is 9.06. The van der Waals surface area contributed by atoms with Gasteiger partial charge in [0, 0.05) is 13.0 Å². The van der Waals surface area contributed by atoms with Crippen molar-refractivity contribution in [1.82, 2.24) is 5.32 Å². The highest BCUT2D eigenvalue weighted by Gasteiger charge is 2.80. The summed E-state index contributed by atoms with van der Waals surface area (Å²) >= 11 is 0. The number of carbonyl (C=O) groups is 1. The minimum absolute atomic E-state index is 0.198. The maximum absolute atomic E-state index is 13.0. The lowest BCUT2D eigenvalue weighted by Crippen LogP contribution is -2.62. The van der Waals surface area contributed by atoms with Crippen LogP contribution in [0.25, 0.3) is 0 Å². The number of hydrogen-bond donors (Lipinski definition) is 1. The first kappa shape index (κ1) is 10.8. The molecule has 2 fully saturated rings. The fraction of sp³-hybridized carbons (Fsp3) is 0.900. The van der Waals surface area contributed by atoms with Gasteiger partial charge >= 0.3 is 5.97 Å². The Morgan fingerprint density at radius 1 is 1.47 bits per heavy atom. The van der Waals surface area contributed by atoms with E-state index in [1.165, 1.54) is 0 Å². The molecule has 1 saturated heterocycles. The van der Waals surface area contributed by atoms with Crippen LogP contribution in [0, 0.1) is 5.41 Å². The Balaban J connectivity index is 2.00. The van der Waals surface area contributed by atoms with Crippen molar-refractivity contribution in [1.29, 1.82) is 0 Å². The van der Waals surface area contributed by atoms with Crippen molar-refractivity contribution in [3.8, 4) is 0 Å². The standard InChI is InChI=1S/C10H15F2NO2/c1-8(2,3)15-7(14)6-9(5-13-6)4-10(9,11)12/h6,13H,4-5H2,1-3H3. The molecule has 1 aliphatic carbocycles. The van der Waals surface area contributed by atoms with E-state index < -0.39 is 28.9 Å². The van der Waals surface area contributed by atoms with Gasteiger partial charge in [0.1, 0.15) is 11.6 Å². The summed E-state index contributed by atoms with van der Waals surface area (Å²) in [6.45, 7) is 5.38. The first-order valence-corrected chi connectivity index (χ1v) is 5.02. The van der Waals surface area contributed by atoms with Gasteiger partial charge in [-0.3, -0.25) is 4.79 Å². The Hall–Kier alpha value is -0.710. The normalized spacial score (nSPS) is 37.3. The van der Waals surface area contributed by atoms with Crippen LogP contribution in [0.2, 0.25) is 0 Å². The monoisotopic (exact) mass is 219 g/mol. The van der Waals surface area contributed by atoms with Crippen LogP contribution in [-0.2, 0) is 9.53 Å². The lowest BCUT2D eigenvalue weighted by atomic mass is 9.87. The largest absolute Gasteiger partial charge is 0.459 e. The van der Waals surface area contributed by atoms with Crippen LogP contribution < -0.4 is 5.32 Å². The molecule has 3 nitrogen and oxygen atoms in total. The number of rotatable bonds is 1. The summed E-state index contributed by atoms with van der Waals surface area (Å²) < 4.78 is 31.1. The molecule has 0 bridgehead atoms. The van der Waals surface area contributed by atoms with Gasteiger partial charge in [-0.15, -0.1) is 0 Å². The summed E-state index contributed by atoms with van der Waals surface area (Å²) in [6.07, 6.45) is -0.198. The molecule has 2 aliphatic rings. The molecule has 1 N–H and O–H groups in total. The number of halogens is 2. The number of alkyl halides is 2. The SMILES string of the molecule is CC(C)(C)OC(=O)C1NCC12CC2(F)F. The second kappa shape index (κ2) is 2.70. The van der Waals surface area contributed by atoms with E-state index in [0.29, 0.717) is 0 Å². The molecule has 0 radical (unpaired) electrons. The molecule has 1 heterocycles. The fourth-order valence-corrected chi connectivity index (χ4v) is 1.98. The first-order chi connectivity index (χ1) is 6.68. The van der Waals surface area contributed by atoms with Crippen molar-refractivity contribution in [3.63, 3.8) is 0 Å². The van der Waals surface area contributed by atoms with E-state index in [2.05, 4.69) is 5.32 Å². The van der Waals surface area contributed by atoms with E-state index in [-0.39, 0.29) is 13.0 Å². The summed E-state index contributed by atoms with van der Waals surface area (Å²) in [7, 11) is 0. The fourth-order valence-electron chi connectivity index (χ4n) is 1.98. The Morgan fingerprint density at radius 2 is 2.00 bits per heavy atom. The van der Waals surface area contributed by atoms with E-state index in [9.17, 15) is 13.6 Å². The third-order valence-electron chi connectivity index (χ3n) is 2.96. The van der Waals surface area contributed by atoms with Crippen molar-refractivity contribution in [2.45, 2.75) is 44.8 Å². The minimum Gasteiger partial charge on any atom is -0.459 e. The van der Waals surface area contributed by atoms with Crippen LogP contribution in [0.3, 0.4) is 0 Å². The summed E-state index contributed by atoms with van der Waals surface area (Å²) in [5.41, 5.74) is -1.77. The summed E-state index contributed by atoms with van der Waals surface area (Å²) in [6, 6.07) is -0.827. The minimum atomic E-state index is -2.69. The highest BCUT2D eigenvalue weighted by molar-refractivity contribution is 5.80. The molecule has 0 amide bonds. The molecule has 0 aromatic carbocycles. The van der Waals surface area contributed by atoms with Crippen LogP contribution in [0.15, 0.2) is 0 Å². The topological polar surface area (TPSA) is 38.3 Å². The number of carbonyl (C=O) groups excluding carboxylic acids is 1. The van der Waals surface area contributed by atoms with Gasteiger partial charge in [-0.05, 0) is 20.8 Å². The van der Waals surface area contributed by atoms with Crippen molar-refractivity contribution in [2.75, 3.05) is 6.54 Å². The van der Waals surface area contributed by atoms with Crippen molar-refractivity contribution in [2.24, 2.45) is 5.41 Å². The molecule has 86 valence electrons. The Kier molecular flexibility index (Phi) is 1.94. The lowest BCUT2D eigenvalue weighted by molar-refractivity contribution is -0.165. The van der Waals surface area contributed by atoms with Crippen LogP contribution in [0.1, 0.15) is 27.2 Å². The van der Waals surface area contributed by atoms with Crippen molar-refractivity contribution < 1.29 is 18.3 Å². The predicted molar refractivity (Wildman–Crippen MR) is 49.6 cm³/mol. The van der Waals surface area contributed by atoms with Crippen molar-refractivity contribution in [3.05, 3.63) is 0 Å². The number of nitrogens with one attached hydrogen (secondary N) is 1. The Labute approximate surface area is 87.2 Å². The molecule has 2 unspecified atom stereocenters. The molecule has 15 heavy (non-hydrogen) atoms. The molecular weight excluding hydrogens is 204 g/mol. The smallest absolute Gasteiger partial charge is 0.324 e. The second-order valence-electron chi connectivity index (χ2n) is 5.38. The zero-order valence-corrected chi connectivity index (χ0v) is 9.06. The molecule has 1 saturated carbocycles. The zero-order chi connectivity index (χ0) is 11.5. The molecule has 0 aromatic rings. The summed E-state index contributed by atoms with van der Waals surface area (Å²) in [4.78, 5) is 11.6. The van der Waals surface area contributed by atoms with Gasteiger partial charge in [0.15, 0.2) is 0 Å². The second-order valence-corrected chi connectivity index (χ2v) is 5.38. The highest BCUT2D eigenvalue weighted by Crippen LogP contribution is 2.65. The van der Waals surface area contributed by atoms with Gasteiger partial charge in [0.05, 0.1) is 5.41 Å². The summed E-state index contributed by atoms with van der Waals surface area (Å²) in [5.74, 6) is -3.26. The molecule has 2 rings (SSSR count). The van der Waals surface area contributed by atoms with Crippen LogP contribution >= 0.6 is 0 Å². The molecule has 5 heteroatoms. The Bertz CT molecular complexity index is 311. The van der Waals surface area contributed by atoms with Crippen LogP contribution in [-0.4, -0.2) is 30.1 Å². The van der Waals surface area contributed by atoms with E-state index in [0.717, 1.165) is 0 Å². The molecule has 0 aromatic heterocycles. The van der Waals surface area contributed by atoms with E-state index in [1.54, 1.807) is 20.8 Å². The third kappa shape index (κ3) is 1.53. The van der Waals surface area contributed by atoms with Gasteiger partial charge < -0.3 is 10.1 Å². The maximum atomic E-state index is 13.0. The average molecular weight is 219 g/mol. The van der Waals surface area contributed by atoms with E-state index in [1.807, 2.05) is 0 Å². The lowest BCUT2D eigenvalue weighted by Gasteiger charge is -2.38. The van der Waals surface area contributed by atoms with Gasteiger partial charge in [-0.1, -0.05) is 0 Å². The average Bonchev–Trinajstić information content (AvgIpc) is 2.49. The number of ether oxygens (including phenoxy) is 1. The van der Waals surface area contributed by atoms with Gasteiger partial charge in [0.2, 0.25) is 0 Å². The van der Waals surface area contributed by atoms with Gasteiger partial charge in [-0.25, -0.2) is 8.78 Å². The maximum Gasteiger partial charge on any atom is 0.324 e. The highest BCUT2D eigenvalue weighted by atomic mass is 19.3. The van der Waals surface area contributed by atoms with Crippen LogP contribution in [0.5, 0.6) is 0 Å². The third-order valence-corrected chi connectivity index (χ3v) is 2.96. The van der Waals surface area contributed by atoms with Crippen LogP contribution in [0.4, 0.5) is 8.78 Å². The molecule has 2 atom stereocenters. The van der Waals surface area contributed by atoms with Gasteiger partial charge in [0.25, 0.3) is 5.92 Å². The first-order valence-electron chi connectivity index (χ1n) is 5.02. The van der Waals surface area contributed by atoms with E-state index in [4.69, 9.17) is 4.74 Å². The molecule has 1 aliphatic heterocycles. The molecular formula is C10H15F2NO2. The quantitative estimate of drug-likeness (QED) is 0.676. The number of hydrogen-bond acceptors (Lipinski definition) is 3.